The maximum Gasteiger partial charge on any atom is 0.534 e. The predicted molar refractivity (Wildman–Crippen MR) is 96.3 cm³/mol. The Morgan fingerprint density at radius 2 is 1.87 bits per heavy atom. The van der Waals surface area contributed by atoms with Crippen molar-refractivity contribution in [2.24, 2.45) is 0 Å². The highest BCUT2D eigenvalue weighted by atomic mass is 32.2. The Morgan fingerprint density at radius 3 is 2.40 bits per heavy atom. The third-order valence-electron chi connectivity index (χ3n) is 4.07. The fourth-order valence-corrected chi connectivity index (χ4v) is 3.18. The summed E-state index contributed by atoms with van der Waals surface area (Å²) in [6.07, 6.45) is 0.914. The van der Waals surface area contributed by atoms with Crippen molar-refractivity contribution in [2.45, 2.75) is 44.2 Å². The summed E-state index contributed by atoms with van der Waals surface area (Å²) in [6.45, 7) is 5.63. The molecule has 0 bridgehead atoms. The molecule has 1 aliphatic heterocycles. The van der Waals surface area contributed by atoms with Crippen LogP contribution in [0.3, 0.4) is 0 Å². The molecule has 1 aliphatic rings. The third kappa shape index (κ3) is 5.52. The van der Waals surface area contributed by atoms with E-state index in [1.54, 1.807) is 20.8 Å². The number of likely N-dealkylation sites (tertiary alicyclic amines) is 1. The van der Waals surface area contributed by atoms with Gasteiger partial charge in [0.05, 0.1) is 12.7 Å². The maximum absolute atomic E-state index is 12.5. The quantitative estimate of drug-likeness (QED) is 0.388. The minimum atomic E-state index is -5.95. The molecule has 1 amide bonds. The van der Waals surface area contributed by atoms with E-state index in [0.29, 0.717) is 13.0 Å². The molecule has 0 spiro atoms. The number of rotatable bonds is 4. The fourth-order valence-electron chi connectivity index (χ4n) is 2.77. The maximum atomic E-state index is 12.5. The SMILES string of the molecule is COC(=O)c1cc(OS(=O)(=O)C(F)(F)F)ncc1C1CCN(C(=O)OC(C)(C)C)C1. The number of carbonyl (C=O) groups is 2. The zero-order chi connectivity index (χ0) is 22.9. The van der Waals surface area contributed by atoms with Gasteiger partial charge < -0.3 is 18.6 Å². The number of hydrogen-bond acceptors (Lipinski definition) is 8. The number of hydrogen-bond donors (Lipinski definition) is 0. The van der Waals surface area contributed by atoms with Gasteiger partial charge in [0.2, 0.25) is 5.88 Å². The predicted octanol–water partition coefficient (Wildman–Crippen LogP) is 2.82. The number of methoxy groups -OCH3 is 1. The van der Waals surface area contributed by atoms with Crippen LogP contribution < -0.4 is 4.18 Å². The van der Waals surface area contributed by atoms with Crippen molar-refractivity contribution < 1.29 is 44.8 Å². The number of nitrogens with zero attached hydrogens (tertiary/aromatic N) is 2. The molecule has 0 saturated carbocycles. The molecular weight excluding hydrogens is 433 g/mol. The van der Waals surface area contributed by atoms with Gasteiger partial charge in [-0.05, 0) is 32.8 Å². The standard InChI is InChI=1S/C17H21F3N2O7S/c1-16(2,3)28-15(24)22-6-5-10(9-22)12-8-21-13(7-11(12)14(23)27-4)29-30(25,26)17(18,19)20/h7-8,10H,5-6,9H2,1-4H3. The van der Waals surface area contributed by atoms with Crippen LogP contribution in [0.25, 0.3) is 0 Å². The third-order valence-corrected chi connectivity index (χ3v) is 5.03. The summed E-state index contributed by atoms with van der Waals surface area (Å²) in [7, 11) is -4.90. The lowest BCUT2D eigenvalue weighted by atomic mass is 9.95. The smallest absolute Gasteiger partial charge is 0.465 e. The number of aromatic nitrogens is 1. The van der Waals surface area contributed by atoms with Crippen LogP contribution >= 0.6 is 0 Å². The minimum absolute atomic E-state index is 0.168. The zero-order valence-corrected chi connectivity index (χ0v) is 17.5. The second-order valence-corrected chi connectivity index (χ2v) is 9.03. The number of alkyl halides is 3. The zero-order valence-electron chi connectivity index (χ0n) is 16.6. The Morgan fingerprint density at radius 1 is 1.23 bits per heavy atom. The van der Waals surface area contributed by atoms with E-state index >= 15 is 0 Å². The van der Waals surface area contributed by atoms with E-state index in [2.05, 4.69) is 13.9 Å². The van der Waals surface area contributed by atoms with Crippen LogP contribution in [0.5, 0.6) is 5.88 Å². The van der Waals surface area contributed by atoms with Gasteiger partial charge in [-0.15, -0.1) is 0 Å². The van der Waals surface area contributed by atoms with Crippen LogP contribution in [-0.2, 0) is 19.6 Å². The number of esters is 1. The Balaban J connectivity index is 2.29. The molecule has 2 rings (SSSR count). The van der Waals surface area contributed by atoms with Crippen LogP contribution in [0.1, 0.15) is 49.0 Å². The highest BCUT2D eigenvalue weighted by Crippen LogP contribution is 2.33. The minimum Gasteiger partial charge on any atom is -0.465 e. The van der Waals surface area contributed by atoms with Crippen LogP contribution in [-0.4, -0.2) is 61.7 Å². The van der Waals surface area contributed by atoms with E-state index in [-0.39, 0.29) is 17.7 Å². The van der Waals surface area contributed by atoms with E-state index in [1.807, 2.05) is 0 Å². The first-order valence-electron chi connectivity index (χ1n) is 8.71. The Hall–Kier alpha value is -2.57. The average molecular weight is 454 g/mol. The molecule has 0 radical (unpaired) electrons. The first kappa shape index (κ1) is 23.7. The van der Waals surface area contributed by atoms with E-state index in [4.69, 9.17) is 4.74 Å². The van der Waals surface area contributed by atoms with Gasteiger partial charge in [0.25, 0.3) is 0 Å². The molecule has 0 N–H and O–H groups in total. The molecule has 1 saturated heterocycles. The van der Waals surface area contributed by atoms with Crippen LogP contribution in [0.2, 0.25) is 0 Å². The molecule has 2 heterocycles. The summed E-state index contributed by atoms with van der Waals surface area (Å²) in [4.78, 5) is 29.4. The highest BCUT2D eigenvalue weighted by Gasteiger charge is 2.49. The van der Waals surface area contributed by atoms with Gasteiger partial charge in [0.1, 0.15) is 5.60 Å². The van der Waals surface area contributed by atoms with Crippen LogP contribution in [0, 0.1) is 0 Å². The average Bonchev–Trinajstić information content (AvgIpc) is 3.08. The van der Waals surface area contributed by atoms with Gasteiger partial charge in [-0.3, -0.25) is 0 Å². The normalized spacial score (nSPS) is 17.6. The molecule has 0 aromatic carbocycles. The molecule has 30 heavy (non-hydrogen) atoms. The topological polar surface area (TPSA) is 112 Å². The van der Waals surface area contributed by atoms with Crippen molar-refractivity contribution in [2.75, 3.05) is 20.2 Å². The molecule has 1 unspecified atom stereocenters. The Labute approximate surface area is 171 Å². The van der Waals surface area contributed by atoms with Gasteiger partial charge in [0.15, 0.2) is 0 Å². The van der Waals surface area contributed by atoms with E-state index in [9.17, 15) is 31.2 Å². The van der Waals surface area contributed by atoms with Gasteiger partial charge in [-0.1, -0.05) is 0 Å². The van der Waals surface area contributed by atoms with E-state index < -0.39 is 45.1 Å². The van der Waals surface area contributed by atoms with Crippen molar-refractivity contribution >= 4 is 22.2 Å². The molecular formula is C17H21F3N2O7S. The first-order chi connectivity index (χ1) is 13.6. The molecule has 1 aromatic rings. The number of amides is 1. The van der Waals surface area contributed by atoms with Crippen molar-refractivity contribution in [3.63, 3.8) is 0 Å². The van der Waals surface area contributed by atoms with Crippen LogP contribution in [0.4, 0.5) is 18.0 Å². The summed E-state index contributed by atoms with van der Waals surface area (Å²) in [5.74, 6) is -2.25. The number of carbonyl (C=O) groups excluding carboxylic acids is 2. The highest BCUT2D eigenvalue weighted by molar-refractivity contribution is 7.87. The molecule has 1 aromatic heterocycles. The summed E-state index contributed by atoms with van der Waals surface area (Å²) >= 11 is 0. The summed E-state index contributed by atoms with van der Waals surface area (Å²) in [6, 6.07) is 0.764. The van der Waals surface area contributed by atoms with Gasteiger partial charge in [0, 0.05) is 31.3 Å². The second-order valence-electron chi connectivity index (χ2n) is 7.50. The van der Waals surface area contributed by atoms with Crippen LogP contribution in [0.15, 0.2) is 12.3 Å². The number of pyridine rings is 1. The van der Waals surface area contributed by atoms with Gasteiger partial charge >= 0.3 is 27.7 Å². The van der Waals surface area contributed by atoms with Crippen molar-refractivity contribution in [1.29, 1.82) is 0 Å². The molecule has 1 fully saturated rings. The van der Waals surface area contributed by atoms with Crippen molar-refractivity contribution in [3.8, 4) is 5.88 Å². The molecule has 1 atom stereocenters. The lowest BCUT2D eigenvalue weighted by Gasteiger charge is -2.24. The lowest BCUT2D eigenvalue weighted by Crippen LogP contribution is -2.35. The molecule has 0 aliphatic carbocycles. The van der Waals surface area contributed by atoms with Gasteiger partial charge in [-0.2, -0.15) is 21.6 Å². The molecule has 9 nitrogen and oxygen atoms in total. The molecule has 13 heteroatoms. The summed E-state index contributed by atoms with van der Waals surface area (Å²) < 4.78 is 73.8. The lowest BCUT2D eigenvalue weighted by molar-refractivity contribution is -0.0501. The van der Waals surface area contributed by atoms with E-state index in [1.165, 1.54) is 4.90 Å². The largest absolute Gasteiger partial charge is 0.534 e. The Kier molecular flexibility index (Phi) is 6.54. The van der Waals surface area contributed by atoms with Gasteiger partial charge in [-0.25, -0.2) is 14.6 Å². The number of halogens is 3. The summed E-state index contributed by atoms with van der Waals surface area (Å²) in [5, 5.41) is 0. The second kappa shape index (κ2) is 8.28. The van der Waals surface area contributed by atoms with E-state index in [0.717, 1.165) is 19.4 Å². The monoisotopic (exact) mass is 454 g/mol. The fraction of sp³-hybridized carbons (Fsp3) is 0.588. The number of ether oxygens (including phenoxy) is 2. The van der Waals surface area contributed by atoms with Crippen molar-refractivity contribution in [3.05, 3.63) is 23.4 Å². The first-order valence-corrected chi connectivity index (χ1v) is 10.1. The Bertz CT molecular complexity index is 926. The van der Waals surface area contributed by atoms with Crippen molar-refractivity contribution in [1.82, 2.24) is 9.88 Å². The summed E-state index contributed by atoms with van der Waals surface area (Å²) in [5.41, 5.74) is -6.28. The molecule has 168 valence electrons.